The van der Waals surface area contributed by atoms with E-state index in [1.807, 2.05) is 18.3 Å². The fourth-order valence-corrected chi connectivity index (χ4v) is 4.83. The highest BCUT2D eigenvalue weighted by atomic mass is 32.2. The summed E-state index contributed by atoms with van der Waals surface area (Å²) in [5.41, 5.74) is 4.75. The van der Waals surface area contributed by atoms with E-state index in [1.165, 1.54) is 22.1 Å². The average Bonchev–Trinajstić information content (AvgIpc) is 3.08. The second kappa shape index (κ2) is 6.17. The molecule has 25 heavy (non-hydrogen) atoms. The van der Waals surface area contributed by atoms with Crippen LogP contribution >= 0.6 is 0 Å². The van der Waals surface area contributed by atoms with E-state index in [9.17, 15) is 8.42 Å². The average molecular weight is 352 g/mol. The molecule has 0 atom stereocenters. The van der Waals surface area contributed by atoms with Crippen LogP contribution in [0.15, 0.2) is 65.7 Å². The van der Waals surface area contributed by atoms with Crippen LogP contribution in [0.4, 0.5) is 0 Å². The van der Waals surface area contributed by atoms with Gasteiger partial charge in [-0.25, -0.2) is 8.42 Å². The minimum atomic E-state index is -3.42. The number of nitrogens with one attached hydrogen (secondary N) is 1. The first-order valence-corrected chi connectivity index (χ1v) is 9.83. The zero-order valence-electron chi connectivity index (χ0n) is 14.1. The molecule has 1 aromatic heterocycles. The molecular formula is C20H20N2O2S. The fourth-order valence-electron chi connectivity index (χ4n) is 3.43. The van der Waals surface area contributed by atoms with Crippen LogP contribution in [0.1, 0.15) is 17.5 Å². The normalized spacial score (nSPS) is 16.1. The molecule has 4 rings (SSSR count). The third-order valence-corrected chi connectivity index (χ3v) is 6.70. The lowest BCUT2D eigenvalue weighted by atomic mass is 9.99. The highest BCUT2D eigenvalue weighted by Crippen LogP contribution is 2.31. The number of sulfonamides is 1. The summed E-state index contributed by atoms with van der Waals surface area (Å²) in [6, 6.07) is 14.9. The largest absolute Gasteiger partial charge is 0.360 e. The molecule has 2 aromatic carbocycles. The van der Waals surface area contributed by atoms with Gasteiger partial charge in [-0.15, -0.1) is 0 Å². The molecule has 3 aromatic rings. The van der Waals surface area contributed by atoms with Crippen LogP contribution in [0.3, 0.4) is 0 Å². The van der Waals surface area contributed by atoms with E-state index in [1.54, 1.807) is 28.6 Å². The Morgan fingerprint density at radius 3 is 2.56 bits per heavy atom. The first-order chi connectivity index (χ1) is 12.1. The lowest BCUT2D eigenvalue weighted by Gasteiger charge is -2.25. The van der Waals surface area contributed by atoms with Crippen LogP contribution in [0, 0.1) is 6.92 Å². The Kier molecular flexibility index (Phi) is 3.98. The first kappa shape index (κ1) is 16.1. The number of hydrogen-bond acceptors (Lipinski definition) is 2. The molecule has 1 aliphatic rings. The lowest BCUT2D eigenvalue weighted by molar-refractivity contribution is 0.441. The molecule has 0 amide bonds. The van der Waals surface area contributed by atoms with Crippen molar-refractivity contribution in [1.82, 2.24) is 9.29 Å². The Morgan fingerprint density at radius 1 is 1.04 bits per heavy atom. The summed E-state index contributed by atoms with van der Waals surface area (Å²) in [5, 5.41) is 1.20. The predicted molar refractivity (Wildman–Crippen MR) is 101 cm³/mol. The molecule has 0 fully saturated rings. The number of aryl methyl sites for hydroxylation is 1. The summed E-state index contributed by atoms with van der Waals surface area (Å²) in [7, 11) is -3.42. The van der Waals surface area contributed by atoms with Crippen LogP contribution in [0.2, 0.25) is 0 Å². The van der Waals surface area contributed by atoms with Gasteiger partial charge in [-0.05, 0) is 36.6 Å². The first-order valence-electron chi connectivity index (χ1n) is 8.39. The van der Waals surface area contributed by atoms with Gasteiger partial charge in [0.25, 0.3) is 0 Å². The zero-order chi connectivity index (χ0) is 17.4. The number of nitrogens with zero attached hydrogens (tertiary/aromatic N) is 1. The summed E-state index contributed by atoms with van der Waals surface area (Å²) < 4.78 is 27.0. The summed E-state index contributed by atoms with van der Waals surface area (Å²) in [5.74, 6) is 0. The number of rotatable bonds is 3. The molecule has 0 aliphatic carbocycles. The molecule has 2 heterocycles. The number of hydrogen-bond donors (Lipinski definition) is 1. The Balaban J connectivity index is 1.63. The van der Waals surface area contributed by atoms with Crippen LogP contribution in [0.5, 0.6) is 0 Å². The Labute approximate surface area is 147 Å². The Bertz CT molecular complexity index is 1050. The third kappa shape index (κ3) is 2.79. The van der Waals surface area contributed by atoms with Crippen LogP contribution < -0.4 is 0 Å². The zero-order valence-corrected chi connectivity index (χ0v) is 14.9. The van der Waals surface area contributed by atoms with E-state index in [4.69, 9.17) is 0 Å². The van der Waals surface area contributed by atoms with Gasteiger partial charge in [0.2, 0.25) is 10.0 Å². The van der Waals surface area contributed by atoms with Crippen molar-refractivity contribution in [2.45, 2.75) is 18.2 Å². The molecule has 4 nitrogen and oxygen atoms in total. The third-order valence-electron chi connectivity index (χ3n) is 4.82. The highest BCUT2D eigenvalue weighted by molar-refractivity contribution is 7.89. The van der Waals surface area contributed by atoms with E-state index in [-0.39, 0.29) is 0 Å². The topological polar surface area (TPSA) is 53.2 Å². The Morgan fingerprint density at radius 2 is 1.84 bits per heavy atom. The fraction of sp³-hybridized carbons (Fsp3) is 0.200. The van der Waals surface area contributed by atoms with Crippen molar-refractivity contribution >= 4 is 26.5 Å². The molecular weight excluding hydrogens is 332 g/mol. The van der Waals surface area contributed by atoms with E-state index in [2.05, 4.69) is 30.1 Å². The van der Waals surface area contributed by atoms with Gasteiger partial charge in [-0.3, -0.25) is 0 Å². The summed E-state index contributed by atoms with van der Waals surface area (Å²) in [6.45, 7) is 3.00. The number of benzene rings is 2. The van der Waals surface area contributed by atoms with Crippen molar-refractivity contribution in [3.05, 3.63) is 71.9 Å². The maximum atomic E-state index is 12.7. The van der Waals surface area contributed by atoms with Gasteiger partial charge >= 0.3 is 0 Å². The SMILES string of the molecule is Cc1cccc2c(C3=CCN(S(=O)(=O)c4ccccc4)CC3)c[nH]c12. The van der Waals surface area contributed by atoms with Gasteiger partial charge in [-0.2, -0.15) is 4.31 Å². The van der Waals surface area contributed by atoms with Gasteiger partial charge in [0.1, 0.15) is 0 Å². The maximum absolute atomic E-state index is 12.7. The maximum Gasteiger partial charge on any atom is 0.243 e. The molecule has 0 saturated heterocycles. The molecule has 0 spiro atoms. The molecule has 128 valence electrons. The van der Waals surface area contributed by atoms with Crippen molar-refractivity contribution in [3.8, 4) is 0 Å². The second-order valence-electron chi connectivity index (χ2n) is 6.36. The van der Waals surface area contributed by atoms with Gasteiger partial charge in [0.05, 0.1) is 4.90 Å². The second-order valence-corrected chi connectivity index (χ2v) is 8.29. The van der Waals surface area contributed by atoms with Gasteiger partial charge in [0.15, 0.2) is 0 Å². The van der Waals surface area contributed by atoms with Crippen molar-refractivity contribution in [3.63, 3.8) is 0 Å². The summed E-state index contributed by atoms with van der Waals surface area (Å²) in [6.07, 6.45) is 4.78. The number of aromatic amines is 1. The molecule has 1 N–H and O–H groups in total. The molecule has 0 saturated carbocycles. The number of fused-ring (bicyclic) bond motifs is 1. The van der Waals surface area contributed by atoms with Gasteiger partial charge in [0, 0.05) is 35.8 Å². The van der Waals surface area contributed by atoms with Crippen LogP contribution in [-0.2, 0) is 10.0 Å². The van der Waals surface area contributed by atoms with Crippen molar-refractivity contribution < 1.29 is 8.42 Å². The number of H-pyrrole nitrogens is 1. The van der Waals surface area contributed by atoms with E-state index >= 15 is 0 Å². The smallest absolute Gasteiger partial charge is 0.243 e. The minimum Gasteiger partial charge on any atom is -0.360 e. The van der Waals surface area contributed by atoms with Crippen molar-refractivity contribution in [2.24, 2.45) is 0 Å². The Hall–Kier alpha value is -2.37. The van der Waals surface area contributed by atoms with Crippen molar-refractivity contribution in [2.75, 3.05) is 13.1 Å². The highest BCUT2D eigenvalue weighted by Gasteiger charge is 2.26. The van der Waals surface area contributed by atoms with Crippen molar-refractivity contribution in [1.29, 1.82) is 0 Å². The summed E-state index contributed by atoms with van der Waals surface area (Å²) in [4.78, 5) is 3.70. The predicted octanol–water partition coefficient (Wildman–Crippen LogP) is 3.95. The van der Waals surface area contributed by atoms with E-state index < -0.39 is 10.0 Å². The van der Waals surface area contributed by atoms with Crippen LogP contribution in [-0.4, -0.2) is 30.8 Å². The monoisotopic (exact) mass is 352 g/mol. The van der Waals surface area contributed by atoms with Gasteiger partial charge < -0.3 is 4.98 Å². The summed E-state index contributed by atoms with van der Waals surface area (Å²) >= 11 is 0. The van der Waals surface area contributed by atoms with E-state index in [0.717, 1.165) is 5.52 Å². The molecule has 5 heteroatoms. The van der Waals surface area contributed by atoms with Crippen LogP contribution in [0.25, 0.3) is 16.5 Å². The molecule has 0 radical (unpaired) electrons. The minimum absolute atomic E-state index is 0.356. The molecule has 1 aliphatic heterocycles. The lowest BCUT2D eigenvalue weighted by Crippen LogP contribution is -2.34. The number of aromatic nitrogens is 1. The number of para-hydroxylation sites is 1. The van der Waals surface area contributed by atoms with Gasteiger partial charge in [-0.1, -0.05) is 42.5 Å². The molecule has 0 unspecified atom stereocenters. The quantitative estimate of drug-likeness (QED) is 0.776. The standard InChI is InChI=1S/C20H20N2O2S/c1-15-6-5-9-18-19(14-21-20(15)18)16-10-12-22(13-11-16)25(23,24)17-7-3-2-4-8-17/h2-10,14,21H,11-13H2,1H3. The molecule has 0 bridgehead atoms. The van der Waals surface area contributed by atoms with E-state index in [0.29, 0.717) is 24.4 Å².